The van der Waals surface area contributed by atoms with Gasteiger partial charge in [-0.05, 0) is 38.5 Å². The Labute approximate surface area is 223 Å². The van der Waals surface area contributed by atoms with Gasteiger partial charge < -0.3 is 24.4 Å². The molecule has 0 aliphatic carbocycles. The molecule has 9 heteroatoms. The molecule has 2 amide bonds. The van der Waals surface area contributed by atoms with Crippen molar-refractivity contribution >= 4 is 33.7 Å². The number of amides is 2. The Kier molecular flexibility index (Phi) is 10.6. The Hall–Kier alpha value is -1.71. The Balaban J connectivity index is 1.94. The van der Waals surface area contributed by atoms with E-state index in [1.165, 1.54) is 0 Å². The summed E-state index contributed by atoms with van der Waals surface area (Å²) < 4.78 is 12.0. The molecule has 6 atom stereocenters. The maximum atomic E-state index is 14.1. The van der Waals surface area contributed by atoms with Crippen LogP contribution in [0.4, 0.5) is 0 Å². The van der Waals surface area contributed by atoms with Crippen molar-refractivity contribution < 1.29 is 29.0 Å². The molecule has 3 unspecified atom stereocenters. The molecule has 0 aromatic carbocycles. The van der Waals surface area contributed by atoms with E-state index < -0.39 is 35.6 Å². The molecule has 1 N–H and O–H groups in total. The van der Waals surface area contributed by atoms with Gasteiger partial charge in [0.1, 0.15) is 11.6 Å². The van der Waals surface area contributed by atoms with Crippen molar-refractivity contribution in [3.05, 3.63) is 25.3 Å². The van der Waals surface area contributed by atoms with Gasteiger partial charge in [0.05, 0.1) is 24.5 Å². The van der Waals surface area contributed by atoms with Crippen LogP contribution in [0.3, 0.4) is 0 Å². The summed E-state index contributed by atoms with van der Waals surface area (Å²) in [5, 5.41) is 9.18. The normalized spacial score (nSPS) is 30.4. The van der Waals surface area contributed by atoms with Crippen LogP contribution in [0, 0.1) is 11.8 Å². The number of aliphatic hydroxyl groups excluding tert-OH is 1. The fourth-order valence-electron chi connectivity index (χ4n) is 6.00. The summed E-state index contributed by atoms with van der Waals surface area (Å²) in [4.78, 5) is 44.5. The average molecular weight is 570 g/mol. The lowest BCUT2D eigenvalue weighted by Gasteiger charge is -2.37. The van der Waals surface area contributed by atoms with Gasteiger partial charge in [0.15, 0.2) is 0 Å². The van der Waals surface area contributed by atoms with Gasteiger partial charge in [-0.1, -0.05) is 47.8 Å². The van der Waals surface area contributed by atoms with E-state index >= 15 is 0 Å². The van der Waals surface area contributed by atoms with Crippen molar-refractivity contribution in [3.63, 3.8) is 0 Å². The summed E-state index contributed by atoms with van der Waals surface area (Å²) in [5.41, 5.74) is -1.07. The molecule has 3 fully saturated rings. The van der Waals surface area contributed by atoms with E-state index in [1.54, 1.807) is 22.0 Å². The molecule has 2 bridgehead atoms. The number of hydrogen-bond donors (Lipinski definition) is 1. The quantitative estimate of drug-likeness (QED) is 0.133. The number of unbranched alkanes of at least 4 members (excludes halogenated alkanes) is 4. The van der Waals surface area contributed by atoms with Crippen LogP contribution in [-0.2, 0) is 23.9 Å². The number of nitrogens with zero attached hydrogens (tertiary/aromatic N) is 2. The molecule has 3 saturated heterocycles. The first kappa shape index (κ1) is 28.9. The SMILES string of the molecule is C=CCCOC(=O)[C@H]1[C@H]2C(=O)N(CCCCCO)C(C(=O)N(CC=C)CCCCC)C23CC(Br)[C@@H]1O3. The second-order valence-corrected chi connectivity index (χ2v) is 11.2. The highest BCUT2D eigenvalue weighted by Crippen LogP contribution is 2.60. The molecule has 36 heavy (non-hydrogen) atoms. The largest absolute Gasteiger partial charge is 0.465 e. The molecule has 0 saturated carbocycles. The standard InChI is InChI=1S/C27H41BrN2O6/c1-4-7-10-14-29(13-6-3)25(33)23-27-18-19(28)22(36-27)20(26(34)35-17-8-5-2)21(27)24(32)30(23)15-11-9-12-16-31/h5-6,19-23,31H,2-4,7-18H2,1H3/t19?,20-,21-,22-,23?,27?/m0/s1. The second-order valence-electron chi connectivity index (χ2n) is 10.0. The predicted molar refractivity (Wildman–Crippen MR) is 140 cm³/mol. The zero-order valence-electron chi connectivity index (χ0n) is 21.4. The molecule has 3 aliphatic rings. The van der Waals surface area contributed by atoms with E-state index in [4.69, 9.17) is 9.47 Å². The predicted octanol–water partition coefficient (Wildman–Crippen LogP) is 3.22. The minimum atomic E-state index is -1.07. The number of carbonyl (C=O) groups excluding carboxylic acids is 3. The van der Waals surface area contributed by atoms with E-state index in [2.05, 4.69) is 36.0 Å². The summed E-state index contributed by atoms with van der Waals surface area (Å²) in [6, 6.07) is -0.804. The Morgan fingerprint density at radius 1 is 1.25 bits per heavy atom. The van der Waals surface area contributed by atoms with E-state index in [0.717, 1.165) is 25.7 Å². The van der Waals surface area contributed by atoms with Crippen molar-refractivity contribution in [2.45, 2.75) is 80.9 Å². The molecular weight excluding hydrogens is 528 g/mol. The highest BCUT2D eigenvalue weighted by molar-refractivity contribution is 9.09. The lowest BCUT2D eigenvalue weighted by Crippen LogP contribution is -2.57. The minimum absolute atomic E-state index is 0.0854. The summed E-state index contributed by atoms with van der Waals surface area (Å²) in [6.45, 7) is 11.2. The number of hydrogen-bond acceptors (Lipinski definition) is 6. The topological polar surface area (TPSA) is 96.4 Å². The van der Waals surface area contributed by atoms with Gasteiger partial charge in [-0.25, -0.2) is 0 Å². The highest BCUT2D eigenvalue weighted by Gasteiger charge is 2.77. The molecule has 8 nitrogen and oxygen atoms in total. The van der Waals surface area contributed by atoms with Gasteiger partial charge in [-0.2, -0.15) is 0 Å². The molecule has 0 aromatic rings. The molecule has 202 valence electrons. The first-order chi connectivity index (χ1) is 17.4. The number of carbonyl (C=O) groups is 3. The van der Waals surface area contributed by atoms with Gasteiger partial charge in [0, 0.05) is 31.1 Å². The first-order valence-corrected chi connectivity index (χ1v) is 14.2. The molecular formula is C27H41BrN2O6. The smallest absolute Gasteiger partial charge is 0.312 e. The van der Waals surface area contributed by atoms with Crippen molar-refractivity contribution in [1.29, 1.82) is 0 Å². The Morgan fingerprint density at radius 3 is 2.69 bits per heavy atom. The summed E-state index contributed by atoms with van der Waals surface area (Å²) >= 11 is 3.68. The van der Waals surface area contributed by atoms with Crippen molar-refractivity contribution in [2.75, 3.05) is 32.8 Å². The third kappa shape index (κ3) is 5.58. The minimum Gasteiger partial charge on any atom is -0.465 e. The van der Waals surface area contributed by atoms with Gasteiger partial charge in [-0.3, -0.25) is 14.4 Å². The number of esters is 1. The van der Waals surface area contributed by atoms with E-state index in [9.17, 15) is 19.5 Å². The Bertz CT molecular complexity index is 822. The molecule has 3 aliphatic heterocycles. The molecule has 3 rings (SSSR count). The second kappa shape index (κ2) is 13.2. The van der Waals surface area contributed by atoms with E-state index in [0.29, 0.717) is 45.3 Å². The van der Waals surface area contributed by atoms with Crippen molar-refractivity contribution in [3.8, 4) is 0 Å². The Morgan fingerprint density at radius 2 is 2.03 bits per heavy atom. The molecule has 3 heterocycles. The van der Waals surface area contributed by atoms with Crippen LogP contribution in [0.5, 0.6) is 0 Å². The number of rotatable bonds is 16. The maximum Gasteiger partial charge on any atom is 0.312 e. The van der Waals surface area contributed by atoms with Gasteiger partial charge in [-0.15, -0.1) is 13.2 Å². The zero-order valence-corrected chi connectivity index (χ0v) is 23.0. The van der Waals surface area contributed by atoms with Crippen LogP contribution in [0.15, 0.2) is 25.3 Å². The first-order valence-electron chi connectivity index (χ1n) is 13.3. The van der Waals surface area contributed by atoms with Crippen LogP contribution < -0.4 is 0 Å². The number of ether oxygens (including phenoxy) is 2. The van der Waals surface area contributed by atoms with E-state index in [-0.39, 0.29) is 29.9 Å². The number of alkyl halides is 1. The zero-order chi connectivity index (χ0) is 26.3. The van der Waals surface area contributed by atoms with Crippen molar-refractivity contribution in [2.24, 2.45) is 11.8 Å². The van der Waals surface area contributed by atoms with Crippen LogP contribution in [0.1, 0.15) is 58.3 Å². The lowest BCUT2D eigenvalue weighted by molar-refractivity contribution is -0.155. The third-order valence-electron chi connectivity index (χ3n) is 7.61. The highest BCUT2D eigenvalue weighted by atomic mass is 79.9. The lowest BCUT2D eigenvalue weighted by atomic mass is 9.70. The number of likely N-dealkylation sites (tertiary alicyclic amines) is 1. The number of aliphatic hydroxyl groups is 1. The van der Waals surface area contributed by atoms with Crippen LogP contribution >= 0.6 is 15.9 Å². The van der Waals surface area contributed by atoms with Crippen LogP contribution in [-0.4, -0.2) is 88.1 Å². The van der Waals surface area contributed by atoms with Crippen LogP contribution in [0.2, 0.25) is 0 Å². The molecule has 0 radical (unpaired) electrons. The van der Waals surface area contributed by atoms with Crippen LogP contribution in [0.25, 0.3) is 0 Å². The van der Waals surface area contributed by atoms with Gasteiger partial charge in [0.25, 0.3) is 0 Å². The van der Waals surface area contributed by atoms with Gasteiger partial charge in [0.2, 0.25) is 11.8 Å². The average Bonchev–Trinajstić information content (AvgIpc) is 3.44. The number of halogens is 1. The van der Waals surface area contributed by atoms with Crippen molar-refractivity contribution in [1.82, 2.24) is 9.80 Å². The molecule has 0 aromatic heterocycles. The fourth-order valence-corrected chi connectivity index (χ4v) is 6.94. The fraction of sp³-hybridized carbons (Fsp3) is 0.741. The number of fused-ring (bicyclic) bond motifs is 1. The molecule has 1 spiro atoms. The summed E-state index contributed by atoms with van der Waals surface area (Å²) in [7, 11) is 0. The summed E-state index contributed by atoms with van der Waals surface area (Å²) in [6.07, 6.45) is 8.81. The third-order valence-corrected chi connectivity index (χ3v) is 8.46. The van der Waals surface area contributed by atoms with Gasteiger partial charge >= 0.3 is 5.97 Å². The summed E-state index contributed by atoms with van der Waals surface area (Å²) in [5.74, 6) is -2.32. The monoisotopic (exact) mass is 568 g/mol. The maximum absolute atomic E-state index is 14.1. The van der Waals surface area contributed by atoms with E-state index in [1.807, 2.05) is 0 Å².